The normalized spacial score (nSPS) is 11.5. The first-order chi connectivity index (χ1) is 11.3. The van der Waals surface area contributed by atoms with E-state index in [4.69, 9.17) is 0 Å². The number of hydrogen-bond acceptors (Lipinski definition) is 2. The van der Waals surface area contributed by atoms with Gasteiger partial charge in [0.2, 0.25) is 5.91 Å². The lowest BCUT2D eigenvalue weighted by atomic mass is 10.1. The highest BCUT2D eigenvalue weighted by atomic mass is 19.1. The first-order valence-electron chi connectivity index (χ1n) is 7.96. The molecule has 0 heterocycles. The van der Waals surface area contributed by atoms with Crippen LogP contribution in [-0.2, 0) is 11.2 Å². The molecule has 1 amide bonds. The Morgan fingerprint density at radius 1 is 1.25 bits per heavy atom. The number of benzene rings is 1. The molecule has 0 unspecified atom stereocenters. The van der Waals surface area contributed by atoms with Crippen molar-refractivity contribution in [3.63, 3.8) is 0 Å². The lowest BCUT2D eigenvalue weighted by Gasteiger charge is -2.15. The van der Waals surface area contributed by atoms with Crippen LogP contribution in [-0.4, -0.2) is 50.5 Å². The van der Waals surface area contributed by atoms with Crippen LogP contribution in [0.15, 0.2) is 23.2 Å². The van der Waals surface area contributed by atoms with Crippen molar-refractivity contribution >= 4 is 11.9 Å². The molecule has 134 valence electrons. The Labute approximate surface area is 142 Å². The van der Waals surface area contributed by atoms with Crippen LogP contribution in [0.25, 0.3) is 0 Å². The molecule has 24 heavy (non-hydrogen) atoms. The third-order valence-electron chi connectivity index (χ3n) is 3.24. The van der Waals surface area contributed by atoms with Crippen LogP contribution in [0.4, 0.5) is 8.78 Å². The van der Waals surface area contributed by atoms with Crippen LogP contribution in [0.5, 0.6) is 0 Å². The molecule has 7 heteroatoms. The zero-order valence-electron chi connectivity index (χ0n) is 14.7. The highest BCUT2D eigenvalue weighted by Crippen LogP contribution is 2.09. The average Bonchev–Trinajstić information content (AvgIpc) is 2.52. The number of carbonyl (C=O) groups is 1. The third kappa shape index (κ3) is 7.39. The minimum atomic E-state index is -0.463. The summed E-state index contributed by atoms with van der Waals surface area (Å²) in [6.45, 7) is 5.20. The molecule has 0 aromatic heterocycles. The summed E-state index contributed by atoms with van der Waals surface area (Å²) in [6.07, 6.45) is 0.313. The fourth-order valence-corrected chi connectivity index (χ4v) is 1.81. The van der Waals surface area contributed by atoms with Crippen LogP contribution in [0.1, 0.15) is 19.4 Å². The summed E-state index contributed by atoms with van der Waals surface area (Å²) in [4.78, 5) is 17.3. The second-order valence-electron chi connectivity index (χ2n) is 6.14. The van der Waals surface area contributed by atoms with E-state index in [-0.39, 0.29) is 12.5 Å². The van der Waals surface area contributed by atoms with Crippen molar-refractivity contribution < 1.29 is 13.6 Å². The van der Waals surface area contributed by atoms with Gasteiger partial charge in [0, 0.05) is 27.2 Å². The van der Waals surface area contributed by atoms with Gasteiger partial charge in [-0.1, -0.05) is 13.8 Å². The average molecular weight is 340 g/mol. The van der Waals surface area contributed by atoms with Gasteiger partial charge in [0.25, 0.3) is 0 Å². The second kappa shape index (κ2) is 9.85. The third-order valence-corrected chi connectivity index (χ3v) is 3.24. The summed E-state index contributed by atoms with van der Waals surface area (Å²) < 4.78 is 26.8. The molecule has 0 atom stereocenters. The number of hydrogen-bond donors (Lipinski definition) is 2. The van der Waals surface area contributed by atoms with E-state index in [1.807, 2.05) is 0 Å². The molecule has 1 aromatic carbocycles. The summed E-state index contributed by atoms with van der Waals surface area (Å²) in [6, 6.07) is 3.40. The van der Waals surface area contributed by atoms with Gasteiger partial charge < -0.3 is 15.5 Å². The molecule has 0 saturated heterocycles. The van der Waals surface area contributed by atoms with Gasteiger partial charge in [-0.05, 0) is 36.1 Å². The molecule has 1 rings (SSSR count). The lowest BCUT2D eigenvalue weighted by molar-refractivity contribution is -0.127. The smallest absolute Gasteiger partial charge is 0.243 e. The van der Waals surface area contributed by atoms with Gasteiger partial charge in [0.15, 0.2) is 5.96 Å². The number of nitrogens with one attached hydrogen (secondary N) is 2. The van der Waals surface area contributed by atoms with E-state index in [0.29, 0.717) is 37.0 Å². The van der Waals surface area contributed by atoms with Crippen molar-refractivity contribution in [3.8, 4) is 0 Å². The zero-order valence-corrected chi connectivity index (χ0v) is 14.7. The van der Waals surface area contributed by atoms with Crippen molar-refractivity contribution in [1.82, 2.24) is 15.5 Å². The number of guanidine groups is 1. The molecule has 0 radical (unpaired) electrons. The molecule has 0 spiro atoms. The molecule has 0 aliphatic carbocycles. The molecule has 1 aromatic rings. The van der Waals surface area contributed by atoms with Gasteiger partial charge in [-0.2, -0.15) is 0 Å². The van der Waals surface area contributed by atoms with Gasteiger partial charge in [-0.25, -0.2) is 13.8 Å². The Kier molecular flexibility index (Phi) is 8.15. The molecular formula is C17H26F2N4O. The summed E-state index contributed by atoms with van der Waals surface area (Å²) >= 11 is 0. The Bertz CT molecular complexity index is 574. The number of amides is 1. The van der Waals surface area contributed by atoms with Gasteiger partial charge >= 0.3 is 0 Å². The highest BCUT2D eigenvalue weighted by Gasteiger charge is 2.07. The van der Waals surface area contributed by atoms with Gasteiger partial charge in [-0.15, -0.1) is 0 Å². The molecule has 0 aliphatic heterocycles. The number of halogens is 2. The summed E-state index contributed by atoms with van der Waals surface area (Å²) in [5.41, 5.74) is 0.301. The van der Waals surface area contributed by atoms with Crippen LogP contribution in [0.2, 0.25) is 0 Å². The van der Waals surface area contributed by atoms with Crippen molar-refractivity contribution in [3.05, 3.63) is 35.4 Å². The van der Waals surface area contributed by atoms with Crippen LogP contribution in [0, 0.1) is 17.6 Å². The first kappa shape index (κ1) is 19.9. The molecule has 0 saturated carbocycles. The number of nitrogens with zero attached hydrogens (tertiary/aromatic N) is 2. The molecule has 5 nitrogen and oxygen atoms in total. The predicted molar refractivity (Wildman–Crippen MR) is 91.9 cm³/mol. The van der Waals surface area contributed by atoms with E-state index in [9.17, 15) is 13.6 Å². The minimum absolute atomic E-state index is 0.0226. The number of carbonyl (C=O) groups excluding carboxylic acids is 1. The molecule has 0 fully saturated rings. The standard InChI is InChI=1S/C17H26F2N4O/c1-12(2)10-21-17(22-11-16(24)23(3)4)20-8-7-13-9-14(18)5-6-15(13)19/h5-6,9,12H,7-8,10-11H2,1-4H3,(H2,20,21,22). The largest absolute Gasteiger partial charge is 0.356 e. The fraction of sp³-hybridized carbons (Fsp3) is 0.529. The zero-order chi connectivity index (χ0) is 18.1. The summed E-state index contributed by atoms with van der Waals surface area (Å²) in [5, 5.41) is 6.17. The maximum atomic E-state index is 13.6. The lowest BCUT2D eigenvalue weighted by Crippen LogP contribution is -2.41. The maximum Gasteiger partial charge on any atom is 0.243 e. The van der Waals surface area contributed by atoms with Crippen LogP contribution < -0.4 is 10.6 Å². The predicted octanol–water partition coefficient (Wildman–Crippen LogP) is 1.79. The van der Waals surface area contributed by atoms with E-state index in [0.717, 1.165) is 12.1 Å². The summed E-state index contributed by atoms with van der Waals surface area (Å²) in [5.74, 6) is -0.126. The van der Waals surface area contributed by atoms with Crippen LogP contribution in [0.3, 0.4) is 0 Å². The molecule has 0 bridgehead atoms. The fourth-order valence-electron chi connectivity index (χ4n) is 1.81. The van der Waals surface area contributed by atoms with Crippen LogP contribution >= 0.6 is 0 Å². The maximum absolute atomic E-state index is 13.6. The monoisotopic (exact) mass is 340 g/mol. The van der Waals surface area contributed by atoms with E-state index in [1.165, 1.54) is 11.0 Å². The van der Waals surface area contributed by atoms with E-state index in [1.54, 1.807) is 14.1 Å². The summed E-state index contributed by atoms with van der Waals surface area (Å²) in [7, 11) is 3.33. The Hall–Kier alpha value is -2.18. The van der Waals surface area contributed by atoms with Crippen molar-refractivity contribution in [1.29, 1.82) is 0 Å². The number of likely N-dealkylation sites (N-methyl/N-ethyl adjacent to an activating group) is 1. The van der Waals surface area contributed by atoms with Gasteiger partial charge in [-0.3, -0.25) is 4.79 Å². The van der Waals surface area contributed by atoms with Gasteiger partial charge in [0.05, 0.1) is 0 Å². The Morgan fingerprint density at radius 3 is 2.58 bits per heavy atom. The quantitative estimate of drug-likeness (QED) is 0.588. The van der Waals surface area contributed by atoms with E-state index < -0.39 is 11.6 Å². The number of aliphatic imine (C=N–C) groups is 1. The SMILES string of the molecule is CC(C)CNC(=NCC(=O)N(C)C)NCCc1cc(F)ccc1F. The highest BCUT2D eigenvalue weighted by molar-refractivity contribution is 5.84. The van der Waals surface area contributed by atoms with Gasteiger partial charge in [0.1, 0.15) is 18.2 Å². The number of rotatable bonds is 7. The Balaban J connectivity index is 2.62. The van der Waals surface area contributed by atoms with Crippen molar-refractivity contribution in [2.24, 2.45) is 10.9 Å². The second-order valence-corrected chi connectivity index (χ2v) is 6.14. The molecule has 2 N–H and O–H groups in total. The van der Waals surface area contributed by atoms with Crippen molar-refractivity contribution in [2.45, 2.75) is 20.3 Å². The first-order valence-corrected chi connectivity index (χ1v) is 7.96. The molecular weight excluding hydrogens is 314 g/mol. The van der Waals surface area contributed by atoms with E-state index in [2.05, 4.69) is 29.5 Å². The Morgan fingerprint density at radius 2 is 1.96 bits per heavy atom. The van der Waals surface area contributed by atoms with E-state index >= 15 is 0 Å². The molecule has 0 aliphatic rings. The topological polar surface area (TPSA) is 56.7 Å². The minimum Gasteiger partial charge on any atom is -0.356 e. The van der Waals surface area contributed by atoms with Crippen molar-refractivity contribution in [2.75, 3.05) is 33.7 Å².